The number of rotatable bonds is 3. The Morgan fingerprint density at radius 1 is 1.33 bits per heavy atom. The van der Waals surface area contributed by atoms with E-state index in [0.29, 0.717) is 11.9 Å². The van der Waals surface area contributed by atoms with Gasteiger partial charge in [-0.3, -0.25) is 0 Å². The molecule has 1 aliphatic rings. The predicted molar refractivity (Wildman–Crippen MR) is 62.2 cm³/mol. The van der Waals surface area contributed by atoms with Crippen LogP contribution in [0.25, 0.3) is 0 Å². The van der Waals surface area contributed by atoms with Crippen molar-refractivity contribution in [2.75, 3.05) is 11.9 Å². The van der Waals surface area contributed by atoms with Gasteiger partial charge in [0.25, 0.3) is 0 Å². The van der Waals surface area contributed by atoms with Gasteiger partial charge in [-0.05, 0) is 25.0 Å². The molecule has 0 aromatic carbocycles. The van der Waals surface area contributed by atoms with Crippen molar-refractivity contribution in [1.29, 1.82) is 0 Å². The number of hydrogen-bond donors (Lipinski definition) is 0. The Bertz CT molecular complexity index is 306. The van der Waals surface area contributed by atoms with E-state index in [9.17, 15) is 0 Å². The summed E-state index contributed by atoms with van der Waals surface area (Å²) < 4.78 is 0. The van der Waals surface area contributed by atoms with Crippen molar-refractivity contribution in [2.45, 2.75) is 37.6 Å². The first-order valence-electron chi connectivity index (χ1n) is 5.42. The molecule has 1 fully saturated rings. The van der Waals surface area contributed by atoms with Crippen LogP contribution in [0.2, 0.25) is 0 Å². The summed E-state index contributed by atoms with van der Waals surface area (Å²) in [5.74, 6) is 1.39. The second-order valence-corrected chi connectivity index (χ2v) is 4.33. The zero-order valence-electron chi connectivity index (χ0n) is 8.99. The fourth-order valence-electron chi connectivity index (χ4n) is 2.09. The van der Waals surface area contributed by atoms with Gasteiger partial charge in [-0.2, -0.15) is 5.10 Å². The molecule has 0 spiro atoms. The fourth-order valence-corrected chi connectivity index (χ4v) is 2.23. The van der Waals surface area contributed by atoms with Crippen LogP contribution in [0.5, 0.6) is 0 Å². The number of anilines is 1. The van der Waals surface area contributed by atoms with Crippen LogP contribution >= 0.6 is 11.6 Å². The Labute approximate surface area is 95.5 Å². The molecule has 0 radical (unpaired) electrons. The molecule has 1 aliphatic carbocycles. The minimum atomic E-state index is 0.431. The highest BCUT2D eigenvalue weighted by Gasteiger charge is 2.20. The molecule has 0 amide bonds. The number of halogens is 1. The van der Waals surface area contributed by atoms with Crippen molar-refractivity contribution in [2.24, 2.45) is 0 Å². The molecule has 1 heterocycles. The van der Waals surface area contributed by atoms with Crippen molar-refractivity contribution < 1.29 is 0 Å². The fraction of sp³-hybridized carbons (Fsp3) is 0.636. The summed E-state index contributed by atoms with van der Waals surface area (Å²) in [6.07, 6.45) is 5.22. The summed E-state index contributed by atoms with van der Waals surface area (Å²) in [6, 6.07) is 4.59. The summed E-state index contributed by atoms with van der Waals surface area (Å²) >= 11 is 5.67. The van der Waals surface area contributed by atoms with Crippen LogP contribution in [0.1, 0.15) is 31.4 Å². The summed E-state index contributed by atoms with van der Waals surface area (Å²) in [4.78, 5) is 2.23. The Morgan fingerprint density at radius 3 is 2.60 bits per heavy atom. The first-order valence-corrected chi connectivity index (χ1v) is 5.96. The van der Waals surface area contributed by atoms with E-state index >= 15 is 0 Å². The molecule has 0 N–H and O–H groups in total. The first kappa shape index (κ1) is 10.7. The third-order valence-electron chi connectivity index (χ3n) is 3.08. The van der Waals surface area contributed by atoms with Gasteiger partial charge in [-0.1, -0.05) is 12.8 Å². The summed E-state index contributed by atoms with van der Waals surface area (Å²) in [7, 11) is 2.10. The minimum absolute atomic E-state index is 0.431. The number of nitrogens with zero attached hydrogens (tertiary/aromatic N) is 3. The van der Waals surface area contributed by atoms with Gasteiger partial charge in [0.05, 0.1) is 11.6 Å². The van der Waals surface area contributed by atoms with E-state index in [1.807, 2.05) is 12.1 Å². The molecule has 0 atom stereocenters. The Morgan fingerprint density at radius 2 is 2.07 bits per heavy atom. The summed E-state index contributed by atoms with van der Waals surface area (Å²) in [6.45, 7) is 0. The van der Waals surface area contributed by atoms with Gasteiger partial charge in [0.2, 0.25) is 0 Å². The van der Waals surface area contributed by atoms with E-state index in [2.05, 4.69) is 22.1 Å². The SMILES string of the molecule is CN(c1ccc(CCl)nn1)C1CCCC1. The van der Waals surface area contributed by atoms with Gasteiger partial charge in [0, 0.05) is 13.1 Å². The van der Waals surface area contributed by atoms with E-state index in [1.54, 1.807) is 0 Å². The lowest BCUT2D eigenvalue weighted by molar-refractivity contribution is 0.641. The van der Waals surface area contributed by atoms with Crippen molar-refractivity contribution in [3.8, 4) is 0 Å². The van der Waals surface area contributed by atoms with Crippen molar-refractivity contribution >= 4 is 17.4 Å². The number of aromatic nitrogens is 2. The number of hydrogen-bond acceptors (Lipinski definition) is 3. The molecule has 15 heavy (non-hydrogen) atoms. The average Bonchev–Trinajstić information content (AvgIpc) is 2.82. The molecular weight excluding hydrogens is 210 g/mol. The monoisotopic (exact) mass is 225 g/mol. The molecule has 0 bridgehead atoms. The second kappa shape index (κ2) is 4.79. The molecule has 1 saturated carbocycles. The number of alkyl halides is 1. The van der Waals surface area contributed by atoms with Gasteiger partial charge in [0.1, 0.15) is 0 Å². The lowest BCUT2D eigenvalue weighted by Crippen LogP contribution is -2.29. The average molecular weight is 226 g/mol. The first-order chi connectivity index (χ1) is 7.31. The molecule has 1 aromatic rings. The van der Waals surface area contributed by atoms with Crippen LogP contribution in [0.3, 0.4) is 0 Å². The van der Waals surface area contributed by atoms with Gasteiger partial charge >= 0.3 is 0 Å². The molecule has 2 rings (SSSR count). The molecule has 1 aromatic heterocycles. The van der Waals surface area contributed by atoms with Gasteiger partial charge < -0.3 is 4.90 Å². The lowest BCUT2D eigenvalue weighted by atomic mass is 10.2. The van der Waals surface area contributed by atoms with Crippen LogP contribution in [-0.4, -0.2) is 23.3 Å². The highest BCUT2D eigenvalue weighted by Crippen LogP contribution is 2.25. The highest BCUT2D eigenvalue weighted by molar-refractivity contribution is 6.16. The van der Waals surface area contributed by atoms with Gasteiger partial charge in [-0.25, -0.2) is 0 Å². The summed E-state index contributed by atoms with van der Waals surface area (Å²) in [5, 5.41) is 8.25. The molecule has 4 heteroatoms. The molecular formula is C11H16ClN3. The Balaban J connectivity index is 2.07. The van der Waals surface area contributed by atoms with Crippen LogP contribution in [0.15, 0.2) is 12.1 Å². The Kier molecular flexibility index (Phi) is 3.41. The lowest BCUT2D eigenvalue weighted by Gasteiger charge is -2.24. The maximum atomic E-state index is 5.67. The van der Waals surface area contributed by atoms with Crippen molar-refractivity contribution in [1.82, 2.24) is 10.2 Å². The predicted octanol–water partition coefficient (Wildman–Crippen LogP) is 2.59. The van der Waals surface area contributed by atoms with Crippen LogP contribution in [0, 0.1) is 0 Å². The van der Waals surface area contributed by atoms with Crippen LogP contribution in [0.4, 0.5) is 5.82 Å². The van der Waals surface area contributed by atoms with E-state index in [0.717, 1.165) is 11.5 Å². The maximum absolute atomic E-state index is 5.67. The quantitative estimate of drug-likeness (QED) is 0.741. The minimum Gasteiger partial charge on any atom is -0.355 e. The third kappa shape index (κ3) is 2.40. The smallest absolute Gasteiger partial charge is 0.151 e. The second-order valence-electron chi connectivity index (χ2n) is 4.07. The molecule has 0 saturated heterocycles. The van der Waals surface area contributed by atoms with Gasteiger partial charge in [-0.15, -0.1) is 16.7 Å². The van der Waals surface area contributed by atoms with E-state index in [1.165, 1.54) is 25.7 Å². The highest BCUT2D eigenvalue weighted by atomic mass is 35.5. The van der Waals surface area contributed by atoms with Crippen LogP contribution < -0.4 is 4.90 Å². The molecule has 82 valence electrons. The molecule has 0 unspecified atom stereocenters. The maximum Gasteiger partial charge on any atom is 0.151 e. The summed E-state index contributed by atoms with van der Waals surface area (Å²) in [5.41, 5.74) is 0.834. The normalized spacial score (nSPS) is 16.9. The van der Waals surface area contributed by atoms with E-state index < -0.39 is 0 Å². The van der Waals surface area contributed by atoms with Crippen LogP contribution in [-0.2, 0) is 5.88 Å². The van der Waals surface area contributed by atoms with E-state index in [4.69, 9.17) is 11.6 Å². The Hall–Kier alpha value is -0.830. The molecule has 0 aliphatic heterocycles. The van der Waals surface area contributed by atoms with Crippen molar-refractivity contribution in [3.05, 3.63) is 17.8 Å². The third-order valence-corrected chi connectivity index (χ3v) is 3.35. The van der Waals surface area contributed by atoms with Crippen molar-refractivity contribution in [3.63, 3.8) is 0 Å². The molecule has 3 nitrogen and oxygen atoms in total. The zero-order chi connectivity index (χ0) is 10.7. The zero-order valence-corrected chi connectivity index (χ0v) is 9.74. The standard InChI is InChI=1S/C11H16ClN3/c1-15(10-4-2-3-5-10)11-7-6-9(8-12)13-14-11/h6-7,10H,2-5,8H2,1H3. The largest absolute Gasteiger partial charge is 0.355 e. The van der Waals surface area contributed by atoms with Gasteiger partial charge in [0.15, 0.2) is 5.82 Å². The van der Waals surface area contributed by atoms with E-state index in [-0.39, 0.29) is 0 Å². The topological polar surface area (TPSA) is 29.0 Å².